The third-order valence-corrected chi connectivity index (χ3v) is 1.61. The normalized spacial score (nSPS) is 10.6. The van der Waals surface area contributed by atoms with Crippen molar-refractivity contribution >= 4 is 0 Å². The lowest BCUT2D eigenvalue weighted by molar-refractivity contribution is 0.308. The predicted molar refractivity (Wildman–Crippen MR) is 51.3 cm³/mol. The van der Waals surface area contributed by atoms with E-state index in [1.54, 1.807) is 18.2 Å². The first-order chi connectivity index (χ1) is 6.34. The molecule has 0 N–H and O–H groups in total. The fourth-order valence-corrected chi connectivity index (χ4v) is 0.965. The molecule has 1 aromatic carbocycles. The van der Waals surface area contributed by atoms with Crippen molar-refractivity contribution in [2.24, 2.45) is 0 Å². The number of halogens is 1. The highest BCUT2D eigenvalue weighted by molar-refractivity contribution is 5.23. The van der Waals surface area contributed by atoms with Gasteiger partial charge in [-0.15, -0.1) is 0 Å². The average Bonchev–Trinajstić information content (AvgIpc) is 2.15. The largest absolute Gasteiger partial charge is 0.490 e. The second kappa shape index (κ2) is 5.36. The van der Waals surface area contributed by atoms with Crippen LogP contribution in [0.25, 0.3) is 0 Å². The van der Waals surface area contributed by atoms with Gasteiger partial charge in [-0.25, -0.2) is 4.39 Å². The Labute approximate surface area is 77.8 Å². The maximum absolute atomic E-state index is 13.0. The molecule has 0 aliphatic carbocycles. The van der Waals surface area contributed by atoms with E-state index in [0.717, 1.165) is 6.42 Å². The van der Waals surface area contributed by atoms with E-state index >= 15 is 0 Å². The zero-order valence-electron chi connectivity index (χ0n) is 7.66. The summed E-state index contributed by atoms with van der Waals surface area (Å²) in [6, 6.07) is 6.43. The van der Waals surface area contributed by atoms with Crippen LogP contribution >= 0.6 is 0 Å². The molecule has 0 aliphatic heterocycles. The van der Waals surface area contributed by atoms with Crippen LogP contribution in [0.1, 0.15) is 13.3 Å². The van der Waals surface area contributed by atoms with Crippen LogP contribution in [-0.2, 0) is 0 Å². The molecule has 0 heterocycles. The Kier molecular flexibility index (Phi) is 4.03. The molecule has 0 radical (unpaired) electrons. The summed E-state index contributed by atoms with van der Waals surface area (Å²) in [4.78, 5) is 0. The van der Waals surface area contributed by atoms with Crippen LogP contribution in [0.2, 0.25) is 0 Å². The van der Waals surface area contributed by atoms with Gasteiger partial charge in [-0.05, 0) is 25.5 Å². The molecule has 0 fully saturated rings. The van der Waals surface area contributed by atoms with Crippen molar-refractivity contribution in [2.75, 3.05) is 6.61 Å². The van der Waals surface area contributed by atoms with Gasteiger partial charge in [0.05, 0.1) is 6.61 Å². The maximum Gasteiger partial charge on any atom is 0.165 e. The monoisotopic (exact) mass is 180 g/mol. The van der Waals surface area contributed by atoms with Gasteiger partial charge in [-0.1, -0.05) is 24.3 Å². The Morgan fingerprint density at radius 3 is 2.85 bits per heavy atom. The first kappa shape index (κ1) is 9.78. The fraction of sp³-hybridized carbons (Fsp3) is 0.273. The molecule has 0 aliphatic rings. The quantitative estimate of drug-likeness (QED) is 0.510. The van der Waals surface area contributed by atoms with Gasteiger partial charge in [0.1, 0.15) is 0 Å². The van der Waals surface area contributed by atoms with Crippen LogP contribution in [0.4, 0.5) is 4.39 Å². The minimum Gasteiger partial charge on any atom is -0.490 e. The van der Waals surface area contributed by atoms with Gasteiger partial charge in [0, 0.05) is 0 Å². The number of para-hydroxylation sites is 1. The predicted octanol–water partition coefficient (Wildman–Crippen LogP) is 3.17. The number of allylic oxidation sites excluding steroid dienone is 1. The van der Waals surface area contributed by atoms with E-state index in [1.807, 2.05) is 19.1 Å². The topological polar surface area (TPSA) is 9.23 Å². The molecule has 2 heteroatoms. The minimum atomic E-state index is -0.303. The van der Waals surface area contributed by atoms with Crippen molar-refractivity contribution in [2.45, 2.75) is 13.3 Å². The van der Waals surface area contributed by atoms with E-state index in [9.17, 15) is 4.39 Å². The Morgan fingerprint density at radius 1 is 1.38 bits per heavy atom. The van der Waals surface area contributed by atoms with Crippen LogP contribution < -0.4 is 4.74 Å². The summed E-state index contributed by atoms with van der Waals surface area (Å²) in [5, 5.41) is 0. The Hall–Kier alpha value is -1.31. The van der Waals surface area contributed by atoms with Crippen molar-refractivity contribution in [3.05, 3.63) is 42.2 Å². The molecular formula is C11H13FO. The first-order valence-corrected chi connectivity index (χ1v) is 4.33. The highest BCUT2D eigenvalue weighted by Gasteiger charge is 1.98. The molecule has 13 heavy (non-hydrogen) atoms. The van der Waals surface area contributed by atoms with Gasteiger partial charge in [-0.3, -0.25) is 0 Å². The van der Waals surface area contributed by atoms with Crippen LogP contribution in [0.3, 0.4) is 0 Å². The lowest BCUT2D eigenvalue weighted by Crippen LogP contribution is -1.97. The molecule has 1 aromatic rings. The summed E-state index contributed by atoms with van der Waals surface area (Å²) in [5.41, 5.74) is 0. The van der Waals surface area contributed by atoms with E-state index in [-0.39, 0.29) is 5.82 Å². The van der Waals surface area contributed by atoms with Gasteiger partial charge < -0.3 is 4.74 Å². The van der Waals surface area contributed by atoms with Gasteiger partial charge in [0.15, 0.2) is 11.6 Å². The van der Waals surface area contributed by atoms with Crippen LogP contribution in [0, 0.1) is 5.82 Å². The minimum absolute atomic E-state index is 0.303. The summed E-state index contributed by atoms with van der Waals surface area (Å²) in [6.45, 7) is 2.47. The van der Waals surface area contributed by atoms with E-state index in [0.29, 0.717) is 12.4 Å². The zero-order valence-corrected chi connectivity index (χ0v) is 7.66. The average molecular weight is 180 g/mol. The maximum atomic E-state index is 13.0. The summed E-state index contributed by atoms with van der Waals surface area (Å²) in [7, 11) is 0. The third kappa shape index (κ3) is 3.28. The fourth-order valence-electron chi connectivity index (χ4n) is 0.965. The van der Waals surface area contributed by atoms with Crippen molar-refractivity contribution in [3.63, 3.8) is 0 Å². The molecular weight excluding hydrogens is 167 g/mol. The molecule has 0 saturated heterocycles. The SMILES string of the molecule is C/C=C/CCOc1ccccc1F. The summed E-state index contributed by atoms with van der Waals surface area (Å²) < 4.78 is 18.2. The van der Waals surface area contributed by atoms with Crippen LogP contribution in [0.15, 0.2) is 36.4 Å². The molecule has 0 atom stereocenters. The smallest absolute Gasteiger partial charge is 0.165 e. The van der Waals surface area contributed by atoms with Gasteiger partial charge in [-0.2, -0.15) is 0 Å². The Bertz CT molecular complexity index is 281. The number of benzene rings is 1. The van der Waals surface area contributed by atoms with Crippen molar-refractivity contribution in [1.29, 1.82) is 0 Å². The van der Waals surface area contributed by atoms with Gasteiger partial charge in [0.25, 0.3) is 0 Å². The van der Waals surface area contributed by atoms with E-state index in [2.05, 4.69) is 0 Å². The Morgan fingerprint density at radius 2 is 2.15 bits per heavy atom. The number of hydrogen-bond donors (Lipinski definition) is 0. The lowest BCUT2D eigenvalue weighted by atomic mass is 10.3. The van der Waals surface area contributed by atoms with E-state index in [1.165, 1.54) is 6.07 Å². The van der Waals surface area contributed by atoms with Crippen molar-refractivity contribution in [1.82, 2.24) is 0 Å². The number of hydrogen-bond acceptors (Lipinski definition) is 1. The second-order valence-corrected chi connectivity index (χ2v) is 2.64. The standard InChI is InChI=1S/C11H13FO/c1-2-3-6-9-13-11-8-5-4-7-10(11)12/h2-5,7-8H,6,9H2,1H3/b3-2+. The number of ether oxygens (including phenoxy) is 1. The van der Waals surface area contributed by atoms with Gasteiger partial charge in [0.2, 0.25) is 0 Å². The van der Waals surface area contributed by atoms with E-state index < -0.39 is 0 Å². The molecule has 1 nitrogen and oxygen atoms in total. The molecule has 0 bridgehead atoms. The molecule has 0 amide bonds. The molecule has 1 rings (SSSR count). The molecule has 0 spiro atoms. The van der Waals surface area contributed by atoms with Crippen LogP contribution in [-0.4, -0.2) is 6.61 Å². The Balaban J connectivity index is 2.41. The molecule has 0 unspecified atom stereocenters. The van der Waals surface area contributed by atoms with Crippen molar-refractivity contribution < 1.29 is 9.13 Å². The van der Waals surface area contributed by atoms with Crippen LogP contribution in [0.5, 0.6) is 5.75 Å². The molecule has 70 valence electrons. The third-order valence-electron chi connectivity index (χ3n) is 1.61. The highest BCUT2D eigenvalue weighted by Crippen LogP contribution is 2.15. The second-order valence-electron chi connectivity index (χ2n) is 2.64. The van der Waals surface area contributed by atoms with E-state index in [4.69, 9.17) is 4.74 Å². The summed E-state index contributed by atoms with van der Waals surface area (Å²) in [5.74, 6) is 0.0231. The first-order valence-electron chi connectivity index (χ1n) is 4.33. The summed E-state index contributed by atoms with van der Waals surface area (Å²) in [6.07, 6.45) is 4.75. The zero-order chi connectivity index (χ0) is 9.52. The number of rotatable bonds is 4. The molecule has 0 saturated carbocycles. The summed E-state index contributed by atoms with van der Waals surface area (Å²) >= 11 is 0. The van der Waals surface area contributed by atoms with Gasteiger partial charge >= 0.3 is 0 Å². The van der Waals surface area contributed by atoms with Crippen molar-refractivity contribution in [3.8, 4) is 5.75 Å². The lowest BCUT2D eigenvalue weighted by Gasteiger charge is -2.04. The highest BCUT2D eigenvalue weighted by atomic mass is 19.1. The molecule has 0 aromatic heterocycles.